The molecule has 4 heteroatoms. The Morgan fingerprint density at radius 1 is 1.38 bits per heavy atom. The fourth-order valence-corrected chi connectivity index (χ4v) is 0.802. The zero-order valence-corrected chi connectivity index (χ0v) is 8.20. The van der Waals surface area contributed by atoms with E-state index in [-0.39, 0.29) is 0 Å². The van der Waals surface area contributed by atoms with Crippen LogP contribution in [0.3, 0.4) is 0 Å². The number of aliphatic hydroxyl groups is 1. The molecule has 0 aliphatic heterocycles. The number of nitrogens with zero attached hydrogens (tertiary/aromatic N) is 2. The molecular formula is C9H15N3O. The van der Waals surface area contributed by atoms with Gasteiger partial charge in [0, 0.05) is 6.54 Å². The standard InChI is InChI=1S/C9H15N3O/c1-7-10-4-8(5-11-7)12-6-9(2,3)13/h4-5,12-13H,6H2,1-3H3. The molecule has 2 N–H and O–H groups in total. The normalized spacial score (nSPS) is 11.4. The van der Waals surface area contributed by atoms with Gasteiger partial charge >= 0.3 is 0 Å². The molecule has 0 aliphatic rings. The van der Waals surface area contributed by atoms with Crippen LogP contribution < -0.4 is 5.32 Å². The Labute approximate surface area is 78.0 Å². The van der Waals surface area contributed by atoms with Crippen LogP contribution in [-0.4, -0.2) is 27.2 Å². The minimum atomic E-state index is -0.717. The van der Waals surface area contributed by atoms with E-state index in [1.807, 2.05) is 6.92 Å². The van der Waals surface area contributed by atoms with Crippen molar-refractivity contribution >= 4 is 5.69 Å². The lowest BCUT2D eigenvalue weighted by molar-refractivity contribution is 0.0945. The second-order valence-corrected chi connectivity index (χ2v) is 3.68. The van der Waals surface area contributed by atoms with Crippen molar-refractivity contribution in [3.63, 3.8) is 0 Å². The summed E-state index contributed by atoms with van der Waals surface area (Å²) in [6.07, 6.45) is 3.40. The first kappa shape index (κ1) is 9.92. The van der Waals surface area contributed by atoms with Crippen molar-refractivity contribution in [1.82, 2.24) is 9.97 Å². The van der Waals surface area contributed by atoms with Gasteiger partial charge in [0.2, 0.25) is 0 Å². The van der Waals surface area contributed by atoms with E-state index in [0.717, 1.165) is 11.5 Å². The largest absolute Gasteiger partial charge is 0.389 e. The highest BCUT2D eigenvalue weighted by molar-refractivity contribution is 5.37. The van der Waals surface area contributed by atoms with E-state index >= 15 is 0 Å². The predicted molar refractivity (Wildman–Crippen MR) is 51.6 cm³/mol. The van der Waals surface area contributed by atoms with E-state index in [1.165, 1.54) is 0 Å². The molecule has 0 unspecified atom stereocenters. The lowest BCUT2D eigenvalue weighted by Crippen LogP contribution is -2.29. The first-order valence-electron chi connectivity index (χ1n) is 4.22. The van der Waals surface area contributed by atoms with Gasteiger partial charge in [-0.05, 0) is 20.8 Å². The molecule has 0 amide bonds. The van der Waals surface area contributed by atoms with E-state index in [0.29, 0.717) is 6.54 Å². The maximum atomic E-state index is 9.43. The van der Waals surface area contributed by atoms with Gasteiger partial charge in [0.25, 0.3) is 0 Å². The summed E-state index contributed by atoms with van der Waals surface area (Å²) >= 11 is 0. The summed E-state index contributed by atoms with van der Waals surface area (Å²) in [6.45, 7) is 5.81. The fourth-order valence-electron chi connectivity index (χ4n) is 0.802. The zero-order chi connectivity index (χ0) is 9.90. The Morgan fingerprint density at radius 3 is 2.38 bits per heavy atom. The van der Waals surface area contributed by atoms with Gasteiger partial charge in [0.15, 0.2) is 0 Å². The van der Waals surface area contributed by atoms with Gasteiger partial charge < -0.3 is 10.4 Å². The first-order chi connectivity index (χ1) is 5.97. The van der Waals surface area contributed by atoms with Crippen molar-refractivity contribution in [3.8, 4) is 0 Å². The number of hydrogen-bond acceptors (Lipinski definition) is 4. The second kappa shape index (κ2) is 3.70. The average molecular weight is 181 g/mol. The third kappa shape index (κ3) is 3.85. The summed E-state index contributed by atoms with van der Waals surface area (Å²) in [4.78, 5) is 8.05. The number of hydrogen-bond donors (Lipinski definition) is 2. The molecule has 1 aromatic heterocycles. The third-order valence-corrected chi connectivity index (χ3v) is 1.51. The molecule has 1 aromatic rings. The second-order valence-electron chi connectivity index (χ2n) is 3.68. The van der Waals surface area contributed by atoms with Crippen molar-refractivity contribution in [3.05, 3.63) is 18.2 Å². The van der Waals surface area contributed by atoms with Crippen LogP contribution in [0.4, 0.5) is 5.69 Å². The average Bonchev–Trinajstić information content (AvgIpc) is 2.02. The molecule has 1 heterocycles. The van der Waals surface area contributed by atoms with Crippen LogP contribution in [0.15, 0.2) is 12.4 Å². The number of rotatable bonds is 3. The number of nitrogens with one attached hydrogen (secondary N) is 1. The molecule has 0 aliphatic carbocycles. The van der Waals surface area contributed by atoms with Gasteiger partial charge in [0.1, 0.15) is 5.82 Å². The monoisotopic (exact) mass is 181 g/mol. The van der Waals surface area contributed by atoms with Gasteiger partial charge in [-0.3, -0.25) is 0 Å². The van der Waals surface area contributed by atoms with Crippen molar-refractivity contribution in [2.24, 2.45) is 0 Å². The minimum Gasteiger partial charge on any atom is -0.389 e. The highest BCUT2D eigenvalue weighted by Gasteiger charge is 2.11. The van der Waals surface area contributed by atoms with E-state index < -0.39 is 5.60 Å². The van der Waals surface area contributed by atoms with E-state index in [4.69, 9.17) is 0 Å². The van der Waals surface area contributed by atoms with Gasteiger partial charge in [-0.25, -0.2) is 9.97 Å². The Morgan fingerprint density at radius 2 is 1.92 bits per heavy atom. The highest BCUT2D eigenvalue weighted by atomic mass is 16.3. The van der Waals surface area contributed by atoms with Crippen LogP contribution in [-0.2, 0) is 0 Å². The van der Waals surface area contributed by atoms with Crippen LogP contribution in [0, 0.1) is 6.92 Å². The molecule has 0 fully saturated rings. The van der Waals surface area contributed by atoms with Crippen LogP contribution in [0.5, 0.6) is 0 Å². The molecule has 4 nitrogen and oxygen atoms in total. The molecule has 0 bridgehead atoms. The summed E-state index contributed by atoms with van der Waals surface area (Å²) in [5.74, 6) is 0.744. The van der Waals surface area contributed by atoms with Crippen molar-refractivity contribution in [1.29, 1.82) is 0 Å². The van der Waals surface area contributed by atoms with E-state index in [9.17, 15) is 5.11 Å². The van der Waals surface area contributed by atoms with Crippen LogP contribution in [0.25, 0.3) is 0 Å². The zero-order valence-electron chi connectivity index (χ0n) is 8.20. The predicted octanol–water partition coefficient (Wildman–Crippen LogP) is 0.968. The summed E-state index contributed by atoms with van der Waals surface area (Å²) in [5, 5.41) is 12.5. The summed E-state index contributed by atoms with van der Waals surface area (Å²) in [5.41, 5.74) is 0.109. The molecule has 0 saturated carbocycles. The van der Waals surface area contributed by atoms with Crippen molar-refractivity contribution in [2.75, 3.05) is 11.9 Å². The molecule has 1 rings (SSSR count). The van der Waals surface area contributed by atoms with E-state index in [1.54, 1.807) is 26.2 Å². The third-order valence-electron chi connectivity index (χ3n) is 1.51. The van der Waals surface area contributed by atoms with Crippen LogP contribution in [0.2, 0.25) is 0 Å². The highest BCUT2D eigenvalue weighted by Crippen LogP contribution is 2.06. The van der Waals surface area contributed by atoms with Crippen LogP contribution in [0.1, 0.15) is 19.7 Å². The lowest BCUT2D eigenvalue weighted by Gasteiger charge is -2.17. The summed E-state index contributed by atoms with van der Waals surface area (Å²) in [7, 11) is 0. The van der Waals surface area contributed by atoms with Gasteiger partial charge in [-0.15, -0.1) is 0 Å². The van der Waals surface area contributed by atoms with Crippen LogP contribution >= 0.6 is 0 Å². The van der Waals surface area contributed by atoms with Gasteiger partial charge in [0.05, 0.1) is 23.7 Å². The van der Waals surface area contributed by atoms with Gasteiger partial charge in [-0.1, -0.05) is 0 Å². The number of aryl methyl sites for hydroxylation is 1. The quantitative estimate of drug-likeness (QED) is 0.729. The Hall–Kier alpha value is -1.16. The molecule has 72 valence electrons. The van der Waals surface area contributed by atoms with Crippen molar-refractivity contribution in [2.45, 2.75) is 26.4 Å². The molecule has 0 atom stereocenters. The fraction of sp³-hybridized carbons (Fsp3) is 0.556. The first-order valence-corrected chi connectivity index (χ1v) is 4.22. The maximum absolute atomic E-state index is 9.43. The molecular weight excluding hydrogens is 166 g/mol. The summed E-state index contributed by atoms with van der Waals surface area (Å²) in [6, 6.07) is 0. The topological polar surface area (TPSA) is 58.0 Å². The SMILES string of the molecule is Cc1ncc(NCC(C)(C)O)cn1. The minimum absolute atomic E-state index is 0.486. The molecule has 0 radical (unpaired) electrons. The molecule has 0 aromatic carbocycles. The Balaban J connectivity index is 2.51. The maximum Gasteiger partial charge on any atom is 0.125 e. The number of aromatic nitrogens is 2. The Bertz CT molecular complexity index is 263. The lowest BCUT2D eigenvalue weighted by atomic mass is 10.1. The Kier molecular flexibility index (Phi) is 2.83. The van der Waals surface area contributed by atoms with Gasteiger partial charge in [-0.2, -0.15) is 0 Å². The molecule has 0 spiro atoms. The molecule has 13 heavy (non-hydrogen) atoms. The smallest absolute Gasteiger partial charge is 0.125 e. The number of anilines is 1. The van der Waals surface area contributed by atoms with Crippen molar-refractivity contribution < 1.29 is 5.11 Å². The van der Waals surface area contributed by atoms with E-state index in [2.05, 4.69) is 15.3 Å². The molecule has 0 saturated heterocycles. The summed E-state index contributed by atoms with van der Waals surface area (Å²) < 4.78 is 0.